The summed E-state index contributed by atoms with van der Waals surface area (Å²) < 4.78 is 6.32. The largest absolute Gasteiger partial charge is 0.488 e. The molecule has 1 aliphatic carbocycles. The van der Waals surface area contributed by atoms with Crippen LogP contribution in [0, 0.1) is 0 Å². The van der Waals surface area contributed by atoms with E-state index >= 15 is 0 Å². The van der Waals surface area contributed by atoms with Gasteiger partial charge in [0, 0.05) is 0 Å². The van der Waals surface area contributed by atoms with E-state index in [0.717, 1.165) is 12.2 Å². The molecule has 0 unspecified atom stereocenters. The second-order valence-electron chi connectivity index (χ2n) is 6.88. The average Bonchev–Trinajstić information content (AvgIpc) is 2.39. The summed E-state index contributed by atoms with van der Waals surface area (Å²) in [7, 11) is 0. The molecule has 0 aliphatic heterocycles. The van der Waals surface area contributed by atoms with Crippen molar-refractivity contribution in [1.82, 2.24) is 0 Å². The van der Waals surface area contributed by atoms with Gasteiger partial charge in [-0.25, -0.2) is 0 Å². The van der Waals surface area contributed by atoms with Gasteiger partial charge in [-0.15, -0.1) is 0 Å². The summed E-state index contributed by atoms with van der Waals surface area (Å²) in [6.45, 7) is 9.11. The standard InChI is InChI=1S/C18H28O/c1-5-17(2,3)15-10-9-11-16(14-15)19-18(4)12-7-6-8-13-18/h9-11,14H,5-8,12-13H2,1-4H3. The van der Waals surface area contributed by atoms with Crippen molar-refractivity contribution in [2.75, 3.05) is 0 Å². The van der Waals surface area contributed by atoms with E-state index in [4.69, 9.17) is 4.74 Å². The fraction of sp³-hybridized carbons (Fsp3) is 0.667. The van der Waals surface area contributed by atoms with Crippen LogP contribution >= 0.6 is 0 Å². The van der Waals surface area contributed by atoms with Crippen molar-refractivity contribution in [3.8, 4) is 5.75 Å². The van der Waals surface area contributed by atoms with E-state index < -0.39 is 0 Å². The lowest BCUT2D eigenvalue weighted by molar-refractivity contribution is 0.0486. The fourth-order valence-electron chi connectivity index (χ4n) is 2.87. The summed E-state index contributed by atoms with van der Waals surface area (Å²) in [5.74, 6) is 1.04. The monoisotopic (exact) mass is 260 g/mol. The first-order chi connectivity index (χ1) is 8.95. The van der Waals surface area contributed by atoms with Crippen LogP contribution < -0.4 is 4.74 Å². The van der Waals surface area contributed by atoms with Gasteiger partial charge in [-0.05, 0) is 62.1 Å². The van der Waals surface area contributed by atoms with Crippen molar-refractivity contribution in [3.05, 3.63) is 29.8 Å². The average molecular weight is 260 g/mol. The van der Waals surface area contributed by atoms with Crippen LogP contribution in [0.5, 0.6) is 5.75 Å². The Kier molecular flexibility index (Phi) is 4.23. The van der Waals surface area contributed by atoms with Gasteiger partial charge >= 0.3 is 0 Å². The Labute approximate surface area is 118 Å². The minimum Gasteiger partial charge on any atom is -0.488 e. The number of rotatable bonds is 4. The van der Waals surface area contributed by atoms with Gasteiger partial charge < -0.3 is 4.74 Å². The molecule has 0 radical (unpaired) electrons. The highest BCUT2D eigenvalue weighted by Gasteiger charge is 2.29. The highest BCUT2D eigenvalue weighted by atomic mass is 16.5. The molecule has 19 heavy (non-hydrogen) atoms. The van der Waals surface area contributed by atoms with Gasteiger partial charge in [0.2, 0.25) is 0 Å². The molecule has 0 heterocycles. The van der Waals surface area contributed by atoms with Crippen LogP contribution in [0.15, 0.2) is 24.3 Å². The minimum absolute atomic E-state index is 0.0488. The molecule has 1 fully saturated rings. The summed E-state index contributed by atoms with van der Waals surface area (Å²) in [5, 5.41) is 0. The topological polar surface area (TPSA) is 9.23 Å². The lowest BCUT2D eigenvalue weighted by Gasteiger charge is -2.35. The zero-order chi connectivity index (χ0) is 13.9. The number of hydrogen-bond donors (Lipinski definition) is 0. The third-order valence-electron chi connectivity index (χ3n) is 4.77. The summed E-state index contributed by atoms with van der Waals surface area (Å²) in [4.78, 5) is 0. The van der Waals surface area contributed by atoms with Gasteiger partial charge in [0.25, 0.3) is 0 Å². The smallest absolute Gasteiger partial charge is 0.120 e. The molecule has 1 aliphatic rings. The normalized spacial score (nSPS) is 19.2. The molecule has 0 saturated heterocycles. The van der Waals surface area contributed by atoms with Crippen molar-refractivity contribution in [2.24, 2.45) is 0 Å². The van der Waals surface area contributed by atoms with Crippen molar-refractivity contribution >= 4 is 0 Å². The van der Waals surface area contributed by atoms with Gasteiger partial charge in [0.05, 0.1) is 0 Å². The second kappa shape index (κ2) is 5.56. The molecule has 1 aromatic rings. The zero-order valence-corrected chi connectivity index (χ0v) is 13.0. The van der Waals surface area contributed by atoms with E-state index in [1.54, 1.807) is 0 Å². The number of hydrogen-bond acceptors (Lipinski definition) is 1. The summed E-state index contributed by atoms with van der Waals surface area (Å²) in [5.41, 5.74) is 1.66. The van der Waals surface area contributed by atoms with Gasteiger partial charge in [0.1, 0.15) is 11.4 Å². The van der Waals surface area contributed by atoms with Crippen LogP contribution in [0.1, 0.15) is 71.8 Å². The fourth-order valence-corrected chi connectivity index (χ4v) is 2.87. The van der Waals surface area contributed by atoms with Crippen LogP contribution in [0.25, 0.3) is 0 Å². The Morgan fingerprint density at radius 1 is 1.16 bits per heavy atom. The molecule has 0 atom stereocenters. The van der Waals surface area contributed by atoms with E-state index in [1.165, 1.54) is 37.7 Å². The Morgan fingerprint density at radius 2 is 1.84 bits per heavy atom. The first kappa shape index (κ1) is 14.4. The first-order valence-electron chi connectivity index (χ1n) is 7.75. The van der Waals surface area contributed by atoms with E-state index in [1.807, 2.05) is 0 Å². The lowest BCUT2D eigenvalue weighted by Crippen LogP contribution is -2.34. The summed E-state index contributed by atoms with van der Waals surface area (Å²) in [6, 6.07) is 8.70. The molecule has 0 N–H and O–H groups in total. The van der Waals surface area contributed by atoms with Crippen molar-refractivity contribution < 1.29 is 4.74 Å². The highest BCUT2D eigenvalue weighted by Crippen LogP contribution is 2.35. The zero-order valence-electron chi connectivity index (χ0n) is 13.0. The Balaban J connectivity index is 2.15. The van der Waals surface area contributed by atoms with Gasteiger partial charge in [-0.3, -0.25) is 0 Å². The van der Waals surface area contributed by atoms with Gasteiger partial charge in [0.15, 0.2) is 0 Å². The molecule has 0 bridgehead atoms. The van der Waals surface area contributed by atoms with E-state index in [-0.39, 0.29) is 11.0 Å². The molecular weight excluding hydrogens is 232 g/mol. The third-order valence-corrected chi connectivity index (χ3v) is 4.77. The quantitative estimate of drug-likeness (QED) is 0.697. The molecule has 1 aromatic carbocycles. The number of benzene rings is 1. The van der Waals surface area contributed by atoms with Crippen molar-refractivity contribution in [1.29, 1.82) is 0 Å². The summed E-state index contributed by atoms with van der Waals surface area (Å²) >= 11 is 0. The highest BCUT2D eigenvalue weighted by molar-refractivity contribution is 5.33. The predicted molar refractivity (Wildman–Crippen MR) is 81.9 cm³/mol. The molecule has 0 spiro atoms. The number of ether oxygens (including phenoxy) is 1. The van der Waals surface area contributed by atoms with Crippen molar-refractivity contribution in [3.63, 3.8) is 0 Å². The molecule has 2 rings (SSSR count). The molecule has 0 aromatic heterocycles. The van der Waals surface area contributed by atoms with E-state index in [2.05, 4.69) is 52.0 Å². The molecule has 1 saturated carbocycles. The maximum Gasteiger partial charge on any atom is 0.120 e. The lowest BCUT2D eigenvalue weighted by atomic mass is 9.82. The maximum absolute atomic E-state index is 6.32. The Bertz CT molecular complexity index is 413. The molecule has 1 heteroatoms. The summed E-state index contributed by atoms with van der Waals surface area (Å²) in [6.07, 6.45) is 7.49. The Hall–Kier alpha value is -0.980. The second-order valence-corrected chi connectivity index (χ2v) is 6.88. The van der Waals surface area contributed by atoms with E-state index in [0.29, 0.717) is 0 Å². The van der Waals surface area contributed by atoms with Crippen LogP contribution in [0.4, 0.5) is 0 Å². The molecular formula is C18H28O. The van der Waals surface area contributed by atoms with E-state index in [9.17, 15) is 0 Å². The molecule has 1 nitrogen and oxygen atoms in total. The van der Waals surface area contributed by atoms with Gasteiger partial charge in [-0.2, -0.15) is 0 Å². The van der Waals surface area contributed by atoms with Gasteiger partial charge in [-0.1, -0.05) is 39.3 Å². The van der Waals surface area contributed by atoms with Crippen LogP contribution in [0.3, 0.4) is 0 Å². The predicted octanol–water partition coefficient (Wildman–Crippen LogP) is 5.48. The van der Waals surface area contributed by atoms with Crippen LogP contribution in [-0.2, 0) is 5.41 Å². The van der Waals surface area contributed by atoms with Crippen LogP contribution in [-0.4, -0.2) is 5.60 Å². The molecule has 106 valence electrons. The minimum atomic E-state index is 0.0488. The SMILES string of the molecule is CCC(C)(C)c1cccc(OC2(C)CCCCC2)c1. The first-order valence-corrected chi connectivity index (χ1v) is 7.75. The molecule has 0 amide bonds. The third kappa shape index (κ3) is 3.52. The van der Waals surface area contributed by atoms with Crippen LogP contribution in [0.2, 0.25) is 0 Å². The Morgan fingerprint density at radius 3 is 2.47 bits per heavy atom. The van der Waals surface area contributed by atoms with Crippen molar-refractivity contribution in [2.45, 2.75) is 77.2 Å². The maximum atomic E-state index is 6.32.